The molecule has 0 N–H and O–H groups in total. The number of benzene rings is 2. The van der Waals surface area contributed by atoms with Crippen molar-refractivity contribution < 1.29 is 14.5 Å². The van der Waals surface area contributed by atoms with E-state index in [0.717, 1.165) is 0 Å². The van der Waals surface area contributed by atoms with E-state index in [0.29, 0.717) is 11.3 Å². The molecule has 0 saturated carbocycles. The van der Waals surface area contributed by atoms with E-state index in [-0.39, 0.29) is 34.7 Å². The average Bonchev–Trinajstić information content (AvgIpc) is 3.20. The largest absolute Gasteiger partial charge is 0.497 e. The molecule has 30 heavy (non-hydrogen) atoms. The van der Waals surface area contributed by atoms with Crippen LogP contribution < -0.4 is 10.3 Å². The fourth-order valence-electron chi connectivity index (χ4n) is 3.08. The smallest absolute Gasteiger partial charge is 0.294 e. The standard InChI is InChI=1S/C20H15N5O5/c1-30-14-6-4-5-13(9-14)18(26)11-23-12-21-19-15(20(23)27)10-22-24(19)16-7-2-3-8-17(16)25(28)29/h2-10,12H,11H2,1H3. The summed E-state index contributed by atoms with van der Waals surface area (Å²) in [6, 6.07) is 12.7. The lowest BCUT2D eigenvalue weighted by Crippen LogP contribution is -2.24. The van der Waals surface area contributed by atoms with Gasteiger partial charge in [0.25, 0.3) is 11.2 Å². The number of ketones is 1. The number of rotatable bonds is 6. The van der Waals surface area contributed by atoms with Crippen LogP contribution in [0.2, 0.25) is 0 Å². The van der Waals surface area contributed by atoms with Gasteiger partial charge in [0.05, 0.1) is 24.8 Å². The number of hydrogen-bond acceptors (Lipinski definition) is 7. The van der Waals surface area contributed by atoms with E-state index in [1.807, 2.05) is 0 Å². The van der Waals surface area contributed by atoms with Crippen molar-refractivity contribution in [3.05, 3.63) is 87.1 Å². The fourth-order valence-corrected chi connectivity index (χ4v) is 3.08. The topological polar surface area (TPSA) is 122 Å². The summed E-state index contributed by atoms with van der Waals surface area (Å²) in [5.74, 6) is 0.246. The Morgan fingerprint density at radius 2 is 2.00 bits per heavy atom. The third-order valence-corrected chi connectivity index (χ3v) is 4.57. The van der Waals surface area contributed by atoms with E-state index in [4.69, 9.17) is 4.74 Å². The highest BCUT2D eigenvalue weighted by atomic mass is 16.6. The lowest BCUT2D eigenvalue weighted by atomic mass is 10.1. The molecule has 0 aliphatic carbocycles. The number of hydrogen-bond donors (Lipinski definition) is 0. The van der Waals surface area contributed by atoms with E-state index in [9.17, 15) is 19.7 Å². The van der Waals surface area contributed by atoms with Crippen LogP contribution in [0.25, 0.3) is 16.7 Å². The molecular formula is C20H15N5O5. The first-order chi connectivity index (χ1) is 14.5. The highest BCUT2D eigenvalue weighted by molar-refractivity contribution is 5.96. The molecule has 0 bridgehead atoms. The van der Waals surface area contributed by atoms with Crippen molar-refractivity contribution >= 4 is 22.5 Å². The Morgan fingerprint density at radius 1 is 1.20 bits per heavy atom. The second-order valence-corrected chi connectivity index (χ2v) is 6.37. The number of carbonyl (C=O) groups excluding carboxylic acids is 1. The van der Waals surface area contributed by atoms with Crippen molar-refractivity contribution in [1.29, 1.82) is 0 Å². The zero-order chi connectivity index (χ0) is 21.3. The van der Waals surface area contributed by atoms with Crippen LogP contribution in [-0.2, 0) is 6.54 Å². The molecule has 2 heterocycles. The predicted molar refractivity (Wildman–Crippen MR) is 107 cm³/mol. The highest BCUT2D eigenvalue weighted by Gasteiger charge is 2.19. The number of fused-ring (bicyclic) bond motifs is 1. The Bertz CT molecular complexity index is 1340. The average molecular weight is 405 g/mol. The van der Waals surface area contributed by atoms with Crippen molar-refractivity contribution in [2.75, 3.05) is 7.11 Å². The summed E-state index contributed by atoms with van der Waals surface area (Å²) in [6.07, 6.45) is 2.52. The van der Waals surface area contributed by atoms with Gasteiger partial charge in [0.1, 0.15) is 23.2 Å². The van der Waals surface area contributed by atoms with Gasteiger partial charge in [0.15, 0.2) is 11.4 Å². The molecule has 4 rings (SSSR count). The van der Waals surface area contributed by atoms with Gasteiger partial charge < -0.3 is 4.74 Å². The monoisotopic (exact) mass is 405 g/mol. The molecule has 0 aliphatic rings. The van der Waals surface area contributed by atoms with Gasteiger partial charge in [-0.05, 0) is 18.2 Å². The molecule has 10 nitrogen and oxygen atoms in total. The molecule has 10 heteroatoms. The molecule has 0 atom stereocenters. The van der Waals surface area contributed by atoms with Crippen molar-refractivity contribution in [2.45, 2.75) is 6.54 Å². The van der Waals surface area contributed by atoms with Gasteiger partial charge in [-0.1, -0.05) is 24.3 Å². The number of nitrogens with zero attached hydrogens (tertiary/aromatic N) is 5. The number of para-hydroxylation sites is 2. The summed E-state index contributed by atoms with van der Waals surface area (Å²) in [7, 11) is 1.50. The van der Waals surface area contributed by atoms with Crippen LogP contribution in [0.3, 0.4) is 0 Å². The second-order valence-electron chi connectivity index (χ2n) is 6.37. The molecule has 0 fully saturated rings. The quantitative estimate of drug-likeness (QED) is 0.274. The summed E-state index contributed by atoms with van der Waals surface area (Å²) in [5.41, 5.74) is 0.119. The first kappa shape index (κ1) is 19.0. The lowest BCUT2D eigenvalue weighted by Gasteiger charge is -2.07. The third kappa shape index (κ3) is 3.30. The number of aromatic nitrogens is 4. The van der Waals surface area contributed by atoms with Gasteiger partial charge in [0, 0.05) is 11.6 Å². The van der Waals surface area contributed by atoms with Crippen LogP contribution in [0.1, 0.15) is 10.4 Å². The summed E-state index contributed by atoms with van der Waals surface area (Å²) in [4.78, 5) is 40.4. The lowest BCUT2D eigenvalue weighted by molar-refractivity contribution is -0.384. The number of ether oxygens (including phenoxy) is 1. The van der Waals surface area contributed by atoms with Gasteiger partial charge in [0.2, 0.25) is 0 Å². The number of carbonyl (C=O) groups is 1. The van der Waals surface area contributed by atoms with Gasteiger partial charge in [-0.3, -0.25) is 24.3 Å². The van der Waals surface area contributed by atoms with E-state index in [1.54, 1.807) is 30.3 Å². The molecule has 0 saturated heterocycles. The number of nitro benzene ring substituents is 1. The molecule has 2 aromatic carbocycles. The maximum absolute atomic E-state index is 12.8. The van der Waals surface area contributed by atoms with Crippen LogP contribution in [-0.4, -0.2) is 37.1 Å². The van der Waals surface area contributed by atoms with E-state index >= 15 is 0 Å². The minimum Gasteiger partial charge on any atom is -0.497 e. The minimum atomic E-state index is -0.531. The highest BCUT2D eigenvalue weighted by Crippen LogP contribution is 2.24. The van der Waals surface area contributed by atoms with Crippen molar-refractivity contribution in [3.8, 4) is 11.4 Å². The molecule has 2 aromatic heterocycles. The van der Waals surface area contributed by atoms with E-state index in [1.165, 1.54) is 47.1 Å². The molecule has 0 aliphatic heterocycles. The summed E-state index contributed by atoms with van der Waals surface area (Å²) in [6.45, 7) is -0.217. The number of methoxy groups -OCH3 is 1. The Labute approximate surface area is 169 Å². The van der Waals surface area contributed by atoms with Crippen LogP contribution in [0.4, 0.5) is 5.69 Å². The second kappa shape index (κ2) is 7.59. The van der Waals surface area contributed by atoms with Crippen LogP contribution in [0.5, 0.6) is 5.75 Å². The summed E-state index contributed by atoms with van der Waals surface area (Å²) in [5, 5.41) is 15.6. The van der Waals surface area contributed by atoms with Gasteiger partial charge in [-0.25, -0.2) is 9.67 Å². The minimum absolute atomic E-state index is 0.147. The van der Waals surface area contributed by atoms with Crippen LogP contribution in [0, 0.1) is 10.1 Å². The predicted octanol–water partition coefficient (Wildman–Crippen LogP) is 2.38. The Balaban J connectivity index is 1.72. The maximum Gasteiger partial charge on any atom is 0.294 e. The first-order valence-electron chi connectivity index (χ1n) is 8.84. The maximum atomic E-state index is 12.8. The zero-order valence-corrected chi connectivity index (χ0v) is 15.8. The van der Waals surface area contributed by atoms with Crippen molar-refractivity contribution in [3.63, 3.8) is 0 Å². The van der Waals surface area contributed by atoms with Crippen LogP contribution >= 0.6 is 0 Å². The van der Waals surface area contributed by atoms with Crippen molar-refractivity contribution in [2.24, 2.45) is 0 Å². The molecule has 150 valence electrons. The summed E-state index contributed by atoms with van der Waals surface area (Å²) < 4.78 is 7.53. The molecule has 0 spiro atoms. The number of Topliss-reactive ketones (excluding diaryl/α,β-unsaturated/α-hetero) is 1. The molecular weight excluding hydrogens is 390 g/mol. The molecule has 0 amide bonds. The Morgan fingerprint density at radius 3 is 2.77 bits per heavy atom. The Kier molecular flexibility index (Phi) is 4.80. The fraction of sp³-hybridized carbons (Fsp3) is 0.100. The van der Waals surface area contributed by atoms with Gasteiger partial charge in [-0.2, -0.15) is 5.10 Å². The third-order valence-electron chi connectivity index (χ3n) is 4.57. The first-order valence-corrected chi connectivity index (χ1v) is 8.84. The van der Waals surface area contributed by atoms with Crippen molar-refractivity contribution in [1.82, 2.24) is 19.3 Å². The molecule has 0 unspecified atom stereocenters. The summed E-state index contributed by atoms with van der Waals surface area (Å²) >= 11 is 0. The SMILES string of the molecule is COc1cccc(C(=O)Cn2cnc3c(cnn3-c3ccccc3[N+](=O)[O-])c2=O)c1. The van der Waals surface area contributed by atoms with Crippen LogP contribution in [0.15, 0.2) is 65.8 Å². The number of nitro groups is 1. The van der Waals surface area contributed by atoms with E-state index in [2.05, 4.69) is 10.1 Å². The molecule has 0 radical (unpaired) electrons. The van der Waals surface area contributed by atoms with E-state index < -0.39 is 10.5 Å². The van der Waals surface area contributed by atoms with Gasteiger partial charge >= 0.3 is 0 Å². The van der Waals surface area contributed by atoms with Gasteiger partial charge in [-0.15, -0.1) is 0 Å². The normalized spacial score (nSPS) is 10.8. The Hall–Kier alpha value is -4.34. The molecule has 4 aromatic rings. The zero-order valence-electron chi connectivity index (χ0n) is 15.8.